The number of anilines is 2. The maximum Gasteiger partial charge on any atom is 0.106 e. The van der Waals surface area contributed by atoms with Gasteiger partial charge >= 0.3 is 0 Å². The third-order valence-corrected chi connectivity index (χ3v) is 23.5. The number of hydrogen-bond donors (Lipinski definition) is 1. The molecular weight excluding hydrogens is 1280 g/mol. The third-order valence-electron chi connectivity index (χ3n) is 17.5. The molecule has 0 aliphatic carbocycles. The highest BCUT2D eigenvalue weighted by Gasteiger charge is 2.40. The molecule has 98 heavy (non-hydrogen) atoms. The number of thiocarbonyl (C=S) groups is 1. The second kappa shape index (κ2) is 42.6. The van der Waals surface area contributed by atoms with Gasteiger partial charge in [0.1, 0.15) is 11.4 Å². The van der Waals surface area contributed by atoms with Crippen LogP contribution in [0.2, 0.25) is 0 Å². The number of thiophene rings is 4. The molecule has 8 rings (SSSR count). The molecule has 0 radical (unpaired) electrons. The van der Waals surface area contributed by atoms with Crippen LogP contribution >= 0.6 is 57.6 Å². The summed E-state index contributed by atoms with van der Waals surface area (Å²) in [7, 11) is 0. The van der Waals surface area contributed by atoms with E-state index in [9.17, 15) is 5.41 Å². The van der Waals surface area contributed by atoms with Crippen LogP contribution in [0.15, 0.2) is 47.8 Å². The summed E-state index contributed by atoms with van der Waals surface area (Å²) in [5, 5.41) is 10.1. The van der Waals surface area contributed by atoms with E-state index < -0.39 is 0 Å². The van der Waals surface area contributed by atoms with Crippen molar-refractivity contribution >= 4 is 108 Å². The lowest BCUT2D eigenvalue weighted by atomic mass is 10.00. The Labute approximate surface area is 609 Å². The molecule has 2 aliphatic rings. The largest absolute Gasteiger partial charge is 0.298 e. The molecule has 8 heteroatoms. The Morgan fingerprint density at radius 3 is 1.15 bits per heavy atom. The Morgan fingerprint density at radius 1 is 0.367 bits per heavy atom. The zero-order valence-corrected chi connectivity index (χ0v) is 61.8. The van der Waals surface area contributed by atoms with E-state index in [0.29, 0.717) is 21.8 Å². The van der Waals surface area contributed by atoms with Crippen LogP contribution in [0, 0.1) is 186 Å². The average molecular weight is 1370 g/mol. The standard InChI is InChI=1S/C90H85N3S5/c1-7-11-15-19-23-27-31-35-37-39-41-45-49-53-57-61-74-72(6)95-87-85(74)97-90-88-86(98-89(87)90)77(62-58-54-50-46-42-40-38-36-32-28-24-20-16-12-8-2)84(96-88)73-64-66-75-79(70-73)92(67-59-55-51-47-43-33-29-25-21-17-13-9-3)81(80(75)91)82-83(94)76-65-63-71(5)69-78(76)93(82)68-60-56-52-48-44-34-30-26-22-18-14-10-4/h3-4,63-66,69-70,91H,7-8,11-12,15-16,19-20,23-24,27-28,31-32,35-42,45-46,49-50,53-54,57-58,61-62H2,1-2,5-6H3/b82-81+,91-80?. The zero-order valence-electron chi connectivity index (χ0n) is 57.7. The fraction of sp³-hybridized carbons (Fsp3) is 0.400. The Hall–Kier alpha value is -9.04. The smallest absolute Gasteiger partial charge is 0.106 e. The van der Waals surface area contributed by atoms with Crippen LogP contribution in [0.1, 0.15) is 239 Å². The maximum atomic E-state index is 10.1. The van der Waals surface area contributed by atoms with Crippen molar-refractivity contribution in [2.45, 2.75) is 233 Å². The number of aryl methyl sites for hydroxylation is 4. The van der Waals surface area contributed by atoms with Crippen LogP contribution in [-0.4, -0.2) is 10.6 Å². The molecule has 2 aromatic carbocycles. The van der Waals surface area contributed by atoms with E-state index in [1.165, 1.54) is 230 Å². The number of terminal acetylenes is 2. The average Bonchev–Trinajstić information content (AvgIpc) is 1.57. The first-order chi connectivity index (χ1) is 48.3. The number of nitrogens with one attached hydrogen (secondary N) is 1. The van der Waals surface area contributed by atoms with Crippen molar-refractivity contribution in [3.05, 3.63) is 80.5 Å². The van der Waals surface area contributed by atoms with Gasteiger partial charge in [0.05, 0.1) is 50.2 Å². The molecule has 0 saturated heterocycles. The molecule has 0 unspecified atom stereocenters. The summed E-state index contributed by atoms with van der Waals surface area (Å²) in [5.74, 6) is 63.5. The fourth-order valence-electron chi connectivity index (χ4n) is 12.5. The number of hydrogen-bond acceptors (Lipinski definition) is 8. The van der Waals surface area contributed by atoms with Gasteiger partial charge in [-0.05, 0) is 151 Å². The summed E-state index contributed by atoms with van der Waals surface area (Å²) >= 11 is 14.4. The van der Waals surface area contributed by atoms with E-state index in [0.717, 1.165) is 47.3 Å². The second-order valence-corrected chi connectivity index (χ2v) is 29.4. The van der Waals surface area contributed by atoms with E-state index >= 15 is 0 Å². The molecular formula is C90H85N3S5. The van der Waals surface area contributed by atoms with Crippen molar-refractivity contribution in [1.29, 1.82) is 5.41 Å². The summed E-state index contributed by atoms with van der Waals surface area (Å²) in [6, 6.07) is 19.2. The van der Waals surface area contributed by atoms with E-state index in [1.807, 2.05) is 80.3 Å². The number of nitrogens with zero attached hydrogens (tertiary/aromatic N) is 2. The normalized spacial score (nSPS) is 11.9. The molecule has 4 aromatic heterocycles. The number of fused-ring (bicyclic) bond motifs is 7. The monoisotopic (exact) mass is 1370 g/mol. The summed E-state index contributed by atoms with van der Waals surface area (Å²) in [6.45, 7) is 8.98. The van der Waals surface area contributed by atoms with Gasteiger partial charge in [0.15, 0.2) is 0 Å². The minimum Gasteiger partial charge on any atom is -0.298 e. The molecule has 2 aliphatic heterocycles. The Kier molecular flexibility index (Phi) is 32.5. The third kappa shape index (κ3) is 22.0. The predicted octanol–water partition coefficient (Wildman–Crippen LogP) is 22.4. The Morgan fingerprint density at radius 2 is 0.714 bits per heavy atom. The van der Waals surface area contributed by atoms with Gasteiger partial charge in [-0.15, -0.1) is 58.2 Å². The van der Waals surface area contributed by atoms with E-state index in [2.05, 4.69) is 193 Å². The first kappa shape index (κ1) is 74.7. The predicted molar refractivity (Wildman–Crippen MR) is 431 cm³/mol. The molecule has 0 spiro atoms. The first-order valence-corrected chi connectivity index (χ1v) is 39.0. The van der Waals surface area contributed by atoms with Crippen LogP contribution in [0.5, 0.6) is 0 Å². The minimum absolute atomic E-state index is 0.260. The second-order valence-electron chi connectivity index (χ2n) is 24.7. The van der Waals surface area contributed by atoms with E-state index in [1.54, 1.807) is 5.56 Å². The van der Waals surface area contributed by atoms with Crippen molar-refractivity contribution in [3.63, 3.8) is 0 Å². The van der Waals surface area contributed by atoms with Crippen molar-refractivity contribution in [3.8, 4) is 177 Å². The zero-order chi connectivity index (χ0) is 68.8. The van der Waals surface area contributed by atoms with Gasteiger partial charge in [0.25, 0.3) is 0 Å². The van der Waals surface area contributed by atoms with Gasteiger partial charge in [0.2, 0.25) is 0 Å². The lowest BCUT2D eigenvalue weighted by Gasteiger charge is -2.20. The van der Waals surface area contributed by atoms with E-state index in [-0.39, 0.29) is 5.71 Å². The lowest BCUT2D eigenvalue weighted by Crippen LogP contribution is -2.25. The number of rotatable bonds is 33. The van der Waals surface area contributed by atoms with Crippen LogP contribution < -0.4 is 9.80 Å². The van der Waals surface area contributed by atoms with Crippen LogP contribution in [-0.2, 0) is 12.8 Å². The van der Waals surface area contributed by atoms with E-state index in [4.69, 9.17) is 25.1 Å². The van der Waals surface area contributed by atoms with Gasteiger partial charge in [0, 0.05) is 104 Å². The fourth-order valence-corrected chi connectivity index (χ4v) is 19.0. The molecule has 0 amide bonds. The first-order valence-electron chi connectivity index (χ1n) is 35.4. The van der Waals surface area contributed by atoms with Gasteiger partial charge in [-0.3, -0.25) is 15.2 Å². The molecule has 3 nitrogen and oxygen atoms in total. The SMILES string of the molecule is C#CC#CC#CC#CC#CC#CC#CN1/C(=C2\C(=S)c3ccc(C)cc3N2C#CC#CC#CC#CC#CC#CC#C)C(=N)c2ccc(-c3sc4c(sc5c6sc(C)c(CCCCCCCCCCCCCCCCC)c6sc45)c3CCCCCCCCCCCCCCCCC)cc21. The summed E-state index contributed by atoms with van der Waals surface area (Å²) in [5.41, 5.74) is 9.48. The molecule has 0 saturated carbocycles. The summed E-state index contributed by atoms with van der Waals surface area (Å²) in [6.07, 6.45) is 53.1. The molecule has 1 N–H and O–H groups in total. The van der Waals surface area contributed by atoms with Gasteiger partial charge in [-0.25, -0.2) is 0 Å². The molecule has 0 bridgehead atoms. The molecule has 6 heterocycles. The van der Waals surface area contributed by atoms with Gasteiger partial charge in [-0.1, -0.05) is 224 Å². The highest BCUT2D eigenvalue weighted by atomic mass is 32.1. The highest BCUT2D eigenvalue weighted by Crippen LogP contribution is 2.55. The summed E-state index contributed by atoms with van der Waals surface area (Å²) in [4.78, 5) is 6.98. The van der Waals surface area contributed by atoms with Crippen molar-refractivity contribution in [2.24, 2.45) is 0 Å². The van der Waals surface area contributed by atoms with Crippen molar-refractivity contribution in [1.82, 2.24) is 0 Å². The van der Waals surface area contributed by atoms with Crippen LogP contribution in [0.3, 0.4) is 0 Å². The molecule has 0 fully saturated rings. The minimum atomic E-state index is 0.260. The number of unbranched alkanes of at least 4 members (excludes halogenated alkanes) is 28. The van der Waals surface area contributed by atoms with Crippen molar-refractivity contribution < 1.29 is 0 Å². The molecule has 6 aromatic rings. The summed E-state index contributed by atoms with van der Waals surface area (Å²) < 4.78 is 8.69. The van der Waals surface area contributed by atoms with Crippen molar-refractivity contribution in [2.75, 3.05) is 9.80 Å². The van der Waals surface area contributed by atoms with Gasteiger partial charge in [-0.2, -0.15) is 0 Å². The van der Waals surface area contributed by atoms with Gasteiger partial charge < -0.3 is 0 Å². The number of benzene rings is 2. The quantitative estimate of drug-likeness (QED) is 0.0193. The Balaban J connectivity index is 1.09. The Bertz CT molecular complexity index is 4820. The topological polar surface area (TPSA) is 30.3 Å². The van der Waals surface area contributed by atoms with Crippen LogP contribution in [0.25, 0.3) is 38.6 Å². The molecule has 0 atom stereocenters. The van der Waals surface area contributed by atoms with Crippen LogP contribution in [0.4, 0.5) is 11.4 Å². The highest BCUT2D eigenvalue weighted by molar-refractivity contribution is 7.81. The lowest BCUT2D eigenvalue weighted by molar-refractivity contribution is 0.532. The number of allylic oxidation sites excluding steroid dienone is 2. The molecule has 490 valence electrons. The maximum absolute atomic E-state index is 10.1.